The van der Waals surface area contributed by atoms with Gasteiger partial charge < -0.3 is 34.6 Å². The van der Waals surface area contributed by atoms with Gasteiger partial charge in [-0.25, -0.2) is 0 Å². The molecule has 0 unspecified atom stereocenters. The summed E-state index contributed by atoms with van der Waals surface area (Å²) in [5.41, 5.74) is 0. The predicted octanol–water partition coefficient (Wildman–Crippen LogP) is -6.25. The summed E-state index contributed by atoms with van der Waals surface area (Å²) in [5, 5.41) is 0. The van der Waals surface area contributed by atoms with E-state index in [4.69, 9.17) is 0 Å². The third-order valence-electron chi connectivity index (χ3n) is 1.97. The SMILES string of the molecule is C=CC[NH+](C)CC=C.C=CC[NH+](C)CC=C.[Cl-].[Cl-]. The van der Waals surface area contributed by atoms with E-state index >= 15 is 0 Å². The third-order valence-corrected chi connectivity index (χ3v) is 1.97. The fourth-order valence-electron chi connectivity index (χ4n) is 1.15. The first-order chi connectivity index (χ1) is 7.62. The van der Waals surface area contributed by atoms with E-state index in [-0.39, 0.29) is 24.8 Å². The molecule has 0 bridgehead atoms. The van der Waals surface area contributed by atoms with Crippen molar-refractivity contribution in [1.82, 2.24) is 0 Å². The minimum absolute atomic E-state index is 0. The fraction of sp³-hybridized carbons (Fsp3) is 0.429. The van der Waals surface area contributed by atoms with Crippen molar-refractivity contribution in [2.24, 2.45) is 0 Å². The van der Waals surface area contributed by atoms with Crippen LogP contribution < -0.4 is 34.6 Å². The molecule has 0 aromatic heterocycles. The van der Waals surface area contributed by atoms with Crippen molar-refractivity contribution in [3.05, 3.63) is 50.6 Å². The number of hydrogen-bond acceptors (Lipinski definition) is 0. The van der Waals surface area contributed by atoms with Gasteiger partial charge in [0.1, 0.15) is 0 Å². The largest absolute Gasteiger partial charge is 1.00 e. The molecule has 0 aromatic carbocycles. The molecule has 0 aliphatic rings. The average Bonchev–Trinajstić information content (AvgIpc) is 2.20. The summed E-state index contributed by atoms with van der Waals surface area (Å²) in [6, 6.07) is 0. The van der Waals surface area contributed by atoms with Crippen LogP contribution in [0.5, 0.6) is 0 Å². The first kappa shape index (κ1) is 26.1. The maximum Gasteiger partial charge on any atom is 0.0955 e. The normalized spacial score (nSPS) is 8.22. The summed E-state index contributed by atoms with van der Waals surface area (Å²) in [5.74, 6) is 0. The lowest BCUT2D eigenvalue weighted by atomic mass is 10.5. The molecule has 2 N–H and O–H groups in total. The number of halogens is 2. The van der Waals surface area contributed by atoms with Crippen LogP contribution in [0.25, 0.3) is 0 Å². The molecule has 0 fully saturated rings. The topological polar surface area (TPSA) is 8.88 Å². The minimum Gasteiger partial charge on any atom is -1.00 e. The monoisotopic (exact) mass is 294 g/mol. The highest BCUT2D eigenvalue weighted by Gasteiger charge is 1.90. The maximum atomic E-state index is 3.63. The molecule has 0 aromatic rings. The number of hydrogen-bond donors (Lipinski definition) is 2. The number of quaternary nitrogens is 2. The predicted molar refractivity (Wildman–Crippen MR) is 74.0 cm³/mol. The lowest BCUT2D eigenvalue weighted by Gasteiger charge is -2.06. The quantitative estimate of drug-likeness (QED) is 0.412. The summed E-state index contributed by atoms with van der Waals surface area (Å²) < 4.78 is 0. The second-order valence-electron chi connectivity index (χ2n) is 3.89. The van der Waals surface area contributed by atoms with Crippen molar-refractivity contribution in [2.75, 3.05) is 40.3 Å². The Labute approximate surface area is 126 Å². The molecular formula is C14H28Cl2N2. The highest BCUT2D eigenvalue weighted by molar-refractivity contribution is 4.67. The Morgan fingerprint density at radius 1 is 0.611 bits per heavy atom. The van der Waals surface area contributed by atoms with Crippen molar-refractivity contribution < 1.29 is 34.6 Å². The van der Waals surface area contributed by atoms with Crippen LogP contribution in [-0.2, 0) is 0 Å². The molecule has 0 rings (SSSR count). The van der Waals surface area contributed by atoms with Gasteiger partial charge in [-0.2, -0.15) is 0 Å². The van der Waals surface area contributed by atoms with E-state index in [0.717, 1.165) is 26.2 Å². The van der Waals surface area contributed by atoms with E-state index in [0.29, 0.717) is 0 Å². The van der Waals surface area contributed by atoms with Crippen LogP contribution in [0.4, 0.5) is 0 Å². The summed E-state index contributed by atoms with van der Waals surface area (Å²) in [6.07, 6.45) is 7.66. The first-order valence-corrected chi connectivity index (χ1v) is 5.68. The smallest absolute Gasteiger partial charge is 0.0955 e. The molecule has 0 saturated carbocycles. The minimum atomic E-state index is 0. The van der Waals surface area contributed by atoms with E-state index in [1.165, 1.54) is 9.80 Å². The zero-order valence-corrected chi connectivity index (χ0v) is 13.2. The molecule has 18 heavy (non-hydrogen) atoms. The Morgan fingerprint density at radius 3 is 0.889 bits per heavy atom. The Morgan fingerprint density at radius 2 is 0.778 bits per heavy atom. The molecule has 0 atom stereocenters. The Bertz CT molecular complexity index is 164. The summed E-state index contributed by atoms with van der Waals surface area (Å²) in [6.45, 7) is 18.6. The lowest BCUT2D eigenvalue weighted by Crippen LogP contribution is -3.08. The lowest BCUT2D eigenvalue weighted by molar-refractivity contribution is -0.867. The van der Waals surface area contributed by atoms with Crippen molar-refractivity contribution in [2.45, 2.75) is 0 Å². The van der Waals surface area contributed by atoms with Crippen LogP contribution in [0.1, 0.15) is 0 Å². The molecule has 4 heteroatoms. The molecule has 108 valence electrons. The van der Waals surface area contributed by atoms with Crippen LogP contribution in [0, 0.1) is 0 Å². The van der Waals surface area contributed by atoms with Gasteiger partial charge in [0, 0.05) is 0 Å². The van der Waals surface area contributed by atoms with Crippen molar-refractivity contribution >= 4 is 0 Å². The summed E-state index contributed by atoms with van der Waals surface area (Å²) >= 11 is 0. The van der Waals surface area contributed by atoms with Crippen LogP contribution in [0.2, 0.25) is 0 Å². The van der Waals surface area contributed by atoms with Gasteiger partial charge in [0.05, 0.1) is 40.3 Å². The Kier molecular flexibility index (Phi) is 31.5. The van der Waals surface area contributed by atoms with Crippen molar-refractivity contribution in [3.63, 3.8) is 0 Å². The van der Waals surface area contributed by atoms with E-state index < -0.39 is 0 Å². The first-order valence-electron chi connectivity index (χ1n) is 5.68. The fourth-order valence-corrected chi connectivity index (χ4v) is 1.15. The maximum absolute atomic E-state index is 3.63. The van der Waals surface area contributed by atoms with Gasteiger partial charge in [-0.15, -0.1) is 0 Å². The van der Waals surface area contributed by atoms with E-state index in [2.05, 4.69) is 40.4 Å². The van der Waals surface area contributed by atoms with E-state index in [1.54, 1.807) is 0 Å². The highest BCUT2D eigenvalue weighted by atomic mass is 35.5. The molecule has 0 aliphatic carbocycles. The number of nitrogens with one attached hydrogen (secondary N) is 2. The molecule has 2 nitrogen and oxygen atoms in total. The Hall–Kier alpha value is -0.540. The van der Waals surface area contributed by atoms with Gasteiger partial charge in [-0.05, 0) is 24.3 Å². The van der Waals surface area contributed by atoms with Gasteiger partial charge >= 0.3 is 0 Å². The zero-order valence-electron chi connectivity index (χ0n) is 11.7. The highest BCUT2D eigenvalue weighted by Crippen LogP contribution is 1.52. The van der Waals surface area contributed by atoms with Crippen LogP contribution >= 0.6 is 0 Å². The molecule has 0 heterocycles. The standard InChI is InChI=1S/2C7H13N.2ClH/c2*1-4-6-8(3)7-5-2;;/h2*4-5H,1-2,6-7H2,3H3;2*1H. The van der Waals surface area contributed by atoms with Crippen LogP contribution in [-0.4, -0.2) is 40.3 Å². The average molecular weight is 295 g/mol. The molecular weight excluding hydrogens is 267 g/mol. The second kappa shape index (κ2) is 21.7. The zero-order chi connectivity index (χ0) is 12.8. The Balaban J connectivity index is -0.0000000980. The molecule has 0 spiro atoms. The van der Waals surface area contributed by atoms with Gasteiger partial charge in [0.2, 0.25) is 0 Å². The van der Waals surface area contributed by atoms with Crippen LogP contribution in [0.3, 0.4) is 0 Å². The van der Waals surface area contributed by atoms with Gasteiger partial charge in [0.25, 0.3) is 0 Å². The number of rotatable bonds is 8. The molecule has 0 aliphatic heterocycles. The van der Waals surface area contributed by atoms with Crippen LogP contribution in [0.15, 0.2) is 50.6 Å². The van der Waals surface area contributed by atoms with Crippen molar-refractivity contribution in [1.29, 1.82) is 0 Å². The summed E-state index contributed by atoms with van der Waals surface area (Å²) in [7, 11) is 4.23. The van der Waals surface area contributed by atoms with Crippen molar-refractivity contribution in [3.8, 4) is 0 Å². The van der Waals surface area contributed by atoms with Gasteiger partial charge in [-0.1, -0.05) is 26.3 Å². The van der Waals surface area contributed by atoms with Gasteiger partial charge in [0.15, 0.2) is 0 Å². The number of likely N-dealkylation sites (N-methyl/N-ethyl adjacent to an activating group) is 2. The summed E-state index contributed by atoms with van der Waals surface area (Å²) in [4.78, 5) is 2.85. The molecule has 0 radical (unpaired) electrons. The molecule has 0 amide bonds. The van der Waals surface area contributed by atoms with E-state index in [9.17, 15) is 0 Å². The second-order valence-corrected chi connectivity index (χ2v) is 3.89. The van der Waals surface area contributed by atoms with Gasteiger partial charge in [-0.3, -0.25) is 0 Å². The molecule has 0 saturated heterocycles. The third kappa shape index (κ3) is 24.6. The van der Waals surface area contributed by atoms with E-state index in [1.807, 2.05) is 24.3 Å².